The molecule has 156 valence electrons. The van der Waals surface area contributed by atoms with Crippen molar-refractivity contribution in [1.29, 1.82) is 0 Å². The maximum absolute atomic E-state index is 13.2. The van der Waals surface area contributed by atoms with Crippen molar-refractivity contribution in [1.82, 2.24) is 14.8 Å². The Morgan fingerprint density at radius 3 is 2.58 bits per heavy atom. The van der Waals surface area contributed by atoms with Gasteiger partial charge in [0.25, 0.3) is 0 Å². The number of aromatic nitrogens is 3. The lowest BCUT2D eigenvalue weighted by molar-refractivity contribution is -0.111. The number of hydrogen-bond donors (Lipinski definition) is 1. The van der Waals surface area contributed by atoms with Gasteiger partial charge in [-0.1, -0.05) is 12.1 Å². The van der Waals surface area contributed by atoms with E-state index in [1.807, 2.05) is 43.6 Å². The zero-order valence-electron chi connectivity index (χ0n) is 17.2. The number of rotatable bonds is 6. The molecule has 1 amide bonds. The fourth-order valence-electron chi connectivity index (χ4n) is 3.25. The summed E-state index contributed by atoms with van der Waals surface area (Å²) in [7, 11) is 1.81. The first-order chi connectivity index (χ1) is 15.0. The summed E-state index contributed by atoms with van der Waals surface area (Å²) in [5.74, 6) is -0.535. The molecule has 2 aromatic carbocycles. The van der Waals surface area contributed by atoms with E-state index in [1.54, 1.807) is 40.4 Å². The largest absolute Gasteiger partial charge is 0.323 e. The van der Waals surface area contributed by atoms with Gasteiger partial charge in [-0.25, -0.2) is 9.37 Å². The number of thiazole rings is 1. The number of carbonyl (C=O) groups is 1. The fourth-order valence-corrected chi connectivity index (χ4v) is 4.06. The quantitative estimate of drug-likeness (QED) is 0.424. The van der Waals surface area contributed by atoms with Gasteiger partial charge in [0.05, 0.1) is 16.9 Å². The van der Waals surface area contributed by atoms with Crippen molar-refractivity contribution < 1.29 is 9.18 Å². The molecule has 2 heterocycles. The first-order valence-electron chi connectivity index (χ1n) is 9.75. The van der Waals surface area contributed by atoms with Crippen molar-refractivity contribution in [3.8, 4) is 11.3 Å². The molecule has 2 aromatic heterocycles. The lowest BCUT2D eigenvalue weighted by Gasteiger charge is -2.05. The average molecular weight is 433 g/mol. The second-order valence-electron chi connectivity index (χ2n) is 7.16. The van der Waals surface area contributed by atoms with Crippen LogP contribution in [0.4, 0.5) is 10.1 Å². The Morgan fingerprint density at radius 2 is 1.90 bits per heavy atom. The van der Waals surface area contributed by atoms with Crippen molar-refractivity contribution in [2.45, 2.75) is 13.3 Å². The normalized spacial score (nSPS) is 11.2. The second-order valence-corrected chi connectivity index (χ2v) is 8.10. The van der Waals surface area contributed by atoms with Gasteiger partial charge < -0.3 is 5.32 Å². The molecule has 7 heteroatoms. The Balaban J connectivity index is 1.41. The minimum Gasteiger partial charge on any atom is -0.323 e. The molecule has 5 nitrogen and oxygen atoms in total. The van der Waals surface area contributed by atoms with Crippen LogP contribution in [0.2, 0.25) is 0 Å². The number of nitrogens with zero attached hydrogens (tertiary/aromatic N) is 3. The van der Waals surface area contributed by atoms with E-state index >= 15 is 0 Å². The van der Waals surface area contributed by atoms with E-state index in [0.29, 0.717) is 0 Å². The highest BCUT2D eigenvalue weighted by Crippen LogP contribution is 2.24. The summed E-state index contributed by atoms with van der Waals surface area (Å²) in [5.41, 5.74) is 5.31. The zero-order chi connectivity index (χ0) is 21.8. The van der Waals surface area contributed by atoms with Gasteiger partial charge in [-0.2, -0.15) is 5.10 Å². The standard InChI is InChI=1S/C24H21FN4OS/c1-16-15-31-23(27-16)13-17-3-10-21(11-4-17)28-22(30)12-7-19-14-26-29(2)24(19)18-5-8-20(25)9-6-18/h3-12,14-15H,13H2,1-2H3,(H,28,30). The van der Waals surface area contributed by atoms with E-state index < -0.39 is 0 Å². The van der Waals surface area contributed by atoms with Crippen LogP contribution in [0.1, 0.15) is 21.8 Å². The Morgan fingerprint density at radius 1 is 1.16 bits per heavy atom. The summed E-state index contributed by atoms with van der Waals surface area (Å²) in [6.45, 7) is 1.99. The highest BCUT2D eigenvalue weighted by atomic mass is 32.1. The van der Waals surface area contributed by atoms with Gasteiger partial charge in [0.15, 0.2) is 0 Å². The van der Waals surface area contributed by atoms with Crippen molar-refractivity contribution in [2.75, 3.05) is 5.32 Å². The Hall–Kier alpha value is -3.58. The number of anilines is 1. The van der Waals surface area contributed by atoms with Crippen LogP contribution in [0, 0.1) is 12.7 Å². The third-order valence-electron chi connectivity index (χ3n) is 4.74. The fraction of sp³-hybridized carbons (Fsp3) is 0.125. The molecule has 0 unspecified atom stereocenters. The average Bonchev–Trinajstić information content (AvgIpc) is 3.33. The lowest BCUT2D eigenvalue weighted by Crippen LogP contribution is -2.07. The van der Waals surface area contributed by atoms with Crippen molar-refractivity contribution in [3.05, 3.63) is 93.8 Å². The van der Waals surface area contributed by atoms with Gasteiger partial charge in [0.1, 0.15) is 5.82 Å². The molecule has 4 aromatic rings. The molecular formula is C24H21FN4OS. The van der Waals surface area contributed by atoms with Crippen LogP contribution in [-0.2, 0) is 18.3 Å². The molecule has 1 N–H and O–H groups in total. The molecule has 0 atom stereocenters. The highest BCUT2D eigenvalue weighted by Gasteiger charge is 2.10. The zero-order valence-corrected chi connectivity index (χ0v) is 18.0. The predicted molar refractivity (Wildman–Crippen MR) is 122 cm³/mol. The highest BCUT2D eigenvalue weighted by molar-refractivity contribution is 7.09. The van der Waals surface area contributed by atoms with Crippen LogP contribution in [0.5, 0.6) is 0 Å². The minimum absolute atomic E-state index is 0.239. The summed E-state index contributed by atoms with van der Waals surface area (Å²) < 4.78 is 14.9. The van der Waals surface area contributed by atoms with Crippen LogP contribution in [0.15, 0.2) is 66.2 Å². The Labute approximate surface area is 183 Å². The summed E-state index contributed by atoms with van der Waals surface area (Å²) >= 11 is 1.65. The molecular weight excluding hydrogens is 411 g/mol. The van der Waals surface area contributed by atoms with E-state index in [-0.39, 0.29) is 11.7 Å². The summed E-state index contributed by atoms with van der Waals surface area (Å²) in [6.07, 6.45) is 5.63. The molecule has 31 heavy (non-hydrogen) atoms. The smallest absolute Gasteiger partial charge is 0.248 e. The molecule has 0 spiro atoms. The van der Waals surface area contributed by atoms with Crippen LogP contribution < -0.4 is 5.32 Å². The topological polar surface area (TPSA) is 59.8 Å². The summed E-state index contributed by atoms with van der Waals surface area (Å²) in [4.78, 5) is 16.9. The van der Waals surface area contributed by atoms with E-state index in [4.69, 9.17) is 0 Å². The summed E-state index contributed by atoms with van der Waals surface area (Å²) in [6, 6.07) is 13.9. The first-order valence-corrected chi connectivity index (χ1v) is 10.6. The maximum Gasteiger partial charge on any atom is 0.248 e. The predicted octanol–water partition coefficient (Wildman–Crippen LogP) is 5.23. The van der Waals surface area contributed by atoms with Crippen molar-refractivity contribution in [3.63, 3.8) is 0 Å². The third kappa shape index (κ3) is 5.13. The molecule has 0 saturated carbocycles. The number of nitrogens with one attached hydrogen (secondary N) is 1. The Kier molecular flexibility index (Phi) is 6.04. The van der Waals surface area contributed by atoms with Crippen LogP contribution in [0.25, 0.3) is 17.3 Å². The third-order valence-corrected chi connectivity index (χ3v) is 5.71. The lowest BCUT2D eigenvalue weighted by atomic mass is 10.1. The summed E-state index contributed by atoms with van der Waals surface area (Å²) in [5, 5.41) is 10.2. The van der Waals surface area contributed by atoms with Crippen LogP contribution in [0.3, 0.4) is 0 Å². The maximum atomic E-state index is 13.2. The van der Waals surface area contributed by atoms with E-state index in [2.05, 4.69) is 15.4 Å². The number of benzene rings is 2. The number of carbonyl (C=O) groups excluding carboxylic acids is 1. The second kappa shape index (κ2) is 9.06. The molecule has 0 aliphatic rings. The molecule has 0 bridgehead atoms. The first kappa shape index (κ1) is 20.7. The molecule has 0 fully saturated rings. The van der Waals surface area contributed by atoms with Gasteiger partial charge in [0.2, 0.25) is 5.91 Å². The molecule has 0 saturated heterocycles. The SMILES string of the molecule is Cc1csc(Cc2ccc(NC(=O)C=Cc3cnn(C)c3-c3ccc(F)cc3)cc2)n1. The molecule has 0 aliphatic heterocycles. The van der Waals surface area contributed by atoms with Crippen LogP contribution in [-0.4, -0.2) is 20.7 Å². The number of aryl methyl sites for hydroxylation is 2. The van der Waals surface area contributed by atoms with Gasteiger partial charge in [-0.15, -0.1) is 11.3 Å². The number of hydrogen-bond acceptors (Lipinski definition) is 4. The van der Waals surface area contributed by atoms with Gasteiger partial charge in [0, 0.05) is 47.4 Å². The Bertz CT molecular complexity index is 1220. The number of amides is 1. The van der Waals surface area contributed by atoms with Gasteiger partial charge >= 0.3 is 0 Å². The van der Waals surface area contributed by atoms with Crippen LogP contribution >= 0.6 is 11.3 Å². The van der Waals surface area contributed by atoms with Gasteiger partial charge in [-0.05, 0) is 55.0 Å². The molecule has 0 aliphatic carbocycles. The van der Waals surface area contributed by atoms with E-state index in [9.17, 15) is 9.18 Å². The van der Waals surface area contributed by atoms with Gasteiger partial charge in [-0.3, -0.25) is 9.48 Å². The van der Waals surface area contributed by atoms with Crippen molar-refractivity contribution >= 4 is 29.0 Å². The monoisotopic (exact) mass is 432 g/mol. The van der Waals surface area contributed by atoms with E-state index in [0.717, 1.165) is 45.2 Å². The number of halogens is 1. The minimum atomic E-state index is -0.296. The molecule has 0 radical (unpaired) electrons. The molecule has 4 rings (SSSR count). The van der Waals surface area contributed by atoms with E-state index in [1.165, 1.54) is 18.2 Å². The van der Waals surface area contributed by atoms with Crippen molar-refractivity contribution in [2.24, 2.45) is 7.05 Å².